The van der Waals surface area contributed by atoms with E-state index >= 15 is 0 Å². The van der Waals surface area contributed by atoms with E-state index in [0.717, 1.165) is 25.0 Å². The fourth-order valence-electron chi connectivity index (χ4n) is 7.31. The summed E-state index contributed by atoms with van der Waals surface area (Å²) in [6.07, 6.45) is 7.42. The number of aromatic nitrogens is 2. The van der Waals surface area contributed by atoms with Crippen LogP contribution in [0.15, 0.2) is 35.7 Å². The highest BCUT2D eigenvalue weighted by atomic mass is 35.5. The Labute approximate surface area is 312 Å². The van der Waals surface area contributed by atoms with Gasteiger partial charge in [-0.3, -0.25) is 19.1 Å². The Balaban J connectivity index is 1.21. The van der Waals surface area contributed by atoms with Crippen molar-refractivity contribution in [3.63, 3.8) is 0 Å². The van der Waals surface area contributed by atoms with Crippen molar-refractivity contribution in [2.24, 2.45) is 17.8 Å². The lowest BCUT2D eigenvalue weighted by atomic mass is 9.93. The SMILES string of the molecule is COc1ccc2c(O[C@@H]3C[C@H]4C(=O)N[C@]5(C(=O)NS(=O)(=O)C6CC6)CC5C=CCCCCN(C)C(=O)[C@@H]4C3)cc(-c3nc(C(C)C)cs3)nc2c1Cl. The van der Waals surface area contributed by atoms with Crippen molar-refractivity contribution in [2.75, 3.05) is 20.7 Å². The highest BCUT2D eigenvalue weighted by Gasteiger charge is 2.62. The summed E-state index contributed by atoms with van der Waals surface area (Å²) in [5, 5.41) is 6.02. The summed E-state index contributed by atoms with van der Waals surface area (Å²) in [5.74, 6) is -2.09. The van der Waals surface area contributed by atoms with E-state index in [1.165, 1.54) is 18.4 Å². The maximum atomic E-state index is 14.3. The van der Waals surface area contributed by atoms with Crippen LogP contribution in [0.1, 0.15) is 76.8 Å². The zero-order valence-electron chi connectivity index (χ0n) is 29.7. The largest absolute Gasteiger partial charge is 0.495 e. The van der Waals surface area contributed by atoms with Gasteiger partial charge in [0.15, 0.2) is 0 Å². The normalized spacial score (nSPS) is 26.8. The molecule has 3 aromatic rings. The third-order valence-corrected chi connectivity index (χ3v) is 13.8. The first kappa shape index (κ1) is 36.6. The third kappa shape index (κ3) is 7.13. The van der Waals surface area contributed by atoms with Crippen molar-refractivity contribution in [1.29, 1.82) is 0 Å². The summed E-state index contributed by atoms with van der Waals surface area (Å²) >= 11 is 8.27. The fraction of sp³-hybridized carbons (Fsp3) is 0.541. The van der Waals surface area contributed by atoms with Gasteiger partial charge in [-0.1, -0.05) is 37.6 Å². The summed E-state index contributed by atoms with van der Waals surface area (Å²) in [5.41, 5.74) is 0.576. The number of hydrogen-bond donors (Lipinski definition) is 2. The van der Waals surface area contributed by atoms with Crippen molar-refractivity contribution in [3.8, 4) is 22.2 Å². The Morgan fingerprint density at radius 3 is 2.62 bits per heavy atom. The smallest absolute Gasteiger partial charge is 0.259 e. The van der Waals surface area contributed by atoms with Gasteiger partial charge in [0.2, 0.25) is 21.8 Å². The monoisotopic (exact) mass is 769 g/mol. The van der Waals surface area contributed by atoms with E-state index in [1.54, 1.807) is 18.0 Å². The lowest BCUT2D eigenvalue weighted by molar-refractivity contribution is -0.140. The predicted molar refractivity (Wildman–Crippen MR) is 199 cm³/mol. The zero-order valence-corrected chi connectivity index (χ0v) is 32.1. The Hall–Kier alpha value is -3.75. The van der Waals surface area contributed by atoms with Crippen LogP contribution in [0.25, 0.3) is 21.6 Å². The molecule has 3 aliphatic carbocycles. The predicted octanol–water partition coefficient (Wildman–Crippen LogP) is 5.60. The number of thiazole rings is 1. The molecule has 52 heavy (non-hydrogen) atoms. The van der Waals surface area contributed by atoms with Gasteiger partial charge in [-0.15, -0.1) is 11.3 Å². The highest BCUT2D eigenvalue weighted by molar-refractivity contribution is 7.91. The maximum absolute atomic E-state index is 14.3. The molecular formula is C37H44ClN5O7S2. The number of amides is 3. The van der Waals surface area contributed by atoms with Crippen molar-refractivity contribution >= 4 is 61.6 Å². The Morgan fingerprint density at radius 1 is 1.13 bits per heavy atom. The molecule has 1 aromatic carbocycles. The van der Waals surface area contributed by atoms with Crippen LogP contribution in [0, 0.1) is 17.8 Å². The number of fused-ring (bicyclic) bond motifs is 3. The number of allylic oxidation sites excluding steroid dienone is 1. The highest BCUT2D eigenvalue weighted by Crippen LogP contribution is 2.47. The standard InChI is InChI=1S/C37H44ClN5O7S2/c1-20(2)28-19-51-34(40-28)27-17-30(24-12-13-29(49-4)31(38)32(24)39-27)50-22-15-25-26(16-22)35(45)43(3)14-8-6-5-7-9-21-18-37(21,41-33(25)44)36(46)42-52(47,48)23-10-11-23/h7,9,12-13,17,19-23,25-26H,5-6,8,10-11,14-16,18H2,1-4H3,(H,41,44)(H,42,46)/t21?,22-,25-,26-,37-/m1/s1. The van der Waals surface area contributed by atoms with Gasteiger partial charge in [-0.05, 0) is 69.4 Å². The molecule has 5 atom stereocenters. The molecule has 0 spiro atoms. The molecule has 0 saturated heterocycles. The molecule has 3 fully saturated rings. The van der Waals surface area contributed by atoms with Crippen LogP contribution < -0.4 is 19.5 Å². The van der Waals surface area contributed by atoms with E-state index in [0.29, 0.717) is 57.5 Å². The topological polar surface area (TPSA) is 157 Å². The zero-order chi connectivity index (χ0) is 36.9. The summed E-state index contributed by atoms with van der Waals surface area (Å²) in [7, 11) is -0.553. The lowest BCUT2D eigenvalue weighted by Crippen LogP contribution is -2.54. The average molecular weight is 770 g/mol. The molecule has 0 bridgehead atoms. The van der Waals surface area contributed by atoms with Crippen molar-refractivity contribution in [3.05, 3.63) is 46.4 Å². The first-order chi connectivity index (χ1) is 24.8. The van der Waals surface area contributed by atoms with Crippen LogP contribution in [0.3, 0.4) is 0 Å². The lowest BCUT2D eigenvalue weighted by Gasteiger charge is -2.26. The molecule has 3 amide bonds. The van der Waals surface area contributed by atoms with Crippen molar-refractivity contribution in [2.45, 2.75) is 88.0 Å². The van der Waals surface area contributed by atoms with Crippen molar-refractivity contribution in [1.82, 2.24) is 24.9 Å². The molecule has 2 aromatic heterocycles. The number of halogens is 1. The second-order valence-corrected chi connectivity index (χ2v) is 18.0. The minimum atomic E-state index is -3.84. The Morgan fingerprint density at radius 2 is 1.90 bits per heavy atom. The van der Waals surface area contributed by atoms with E-state index in [2.05, 4.69) is 23.9 Å². The molecule has 12 nitrogen and oxygen atoms in total. The van der Waals surface area contributed by atoms with Gasteiger partial charge in [0.05, 0.1) is 35.4 Å². The second kappa shape index (κ2) is 14.2. The number of carbonyl (C=O) groups is 3. The maximum Gasteiger partial charge on any atom is 0.259 e. The number of rotatable bonds is 8. The van der Waals surface area contributed by atoms with Gasteiger partial charge >= 0.3 is 0 Å². The molecule has 3 saturated carbocycles. The first-order valence-electron chi connectivity index (χ1n) is 17.9. The van der Waals surface area contributed by atoms with Gasteiger partial charge in [0, 0.05) is 36.3 Å². The Bertz CT molecular complexity index is 2050. The molecule has 3 heterocycles. The van der Waals surface area contributed by atoms with Gasteiger partial charge in [0.25, 0.3) is 5.91 Å². The molecule has 278 valence electrons. The van der Waals surface area contributed by atoms with Gasteiger partial charge in [0.1, 0.15) is 38.9 Å². The second-order valence-electron chi connectivity index (χ2n) is 14.8. The number of nitrogens with zero attached hydrogens (tertiary/aromatic N) is 3. The van der Waals surface area contributed by atoms with E-state index in [4.69, 9.17) is 31.0 Å². The summed E-state index contributed by atoms with van der Waals surface area (Å²) < 4.78 is 40.0. The van der Waals surface area contributed by atoms with Crippen LogP contribution in [0.5, 0.6) is 11.5 Å². The van der Waals surface area contributed by atoms with Crippen LogP contribution in [-0.2, 0) is 24.4 Å². The number of methoxy groups -OCH3 is 1. The molecule has 1 aliphatic heterocycles. The quantitative estimate of drug-likeness (QED) is 0.279. The molecule has 0 radical (unpaired) electrons. The Kier molecular flexibility index (Phi) is 10.0. The number of benzene rings is 1. The molecule has 1 unspecified atom stereocenters. The number of pyridine rings is 1. The molecule has 4 aliphatic rings. The van der Waals surface area contributed by atoms with E-state index in [9.17, 15) is 22.8 Å². The van der Waals surface area contributed by atoms with Gasteiger partial charge in [-0.25, -0.2) is 18.4 Å². The van der Waals surface area contributed by atoms with Crippen molar-refractivity contribution < 1.29 is 32.3 Å². The van der Waals surface area contributed by atoms with Crippen LogP contribution >= 0.6 is 22.9 Å². The van der Waals surface area contributed by atoms with E-state index < -0.39 is 50.6 Å². The van der Waals surface area contributed by atoms with Crippen LogP contribution in [0.2, 0.25) is 5.02 Å². The molecular weight excluding hydrogens is 726 g/mol. The molecule has 2 N–H and O–H groups in total. The summed E-state index contributed by atoms with van der Waals surface area (Å²) in [6.45, 7) is 4.69. The van der Waals surface area contributed by atoms with Crippen LogP contribution in [-0.4, -0.2) is 78.6 Å². The third-order valence-electron chi connectivity index (χ3n) is 10.7. The minimum absolute atomic E-state index is 0.168. The van der Waals surface area contributed by atoms with E-state index in [1.807, 2.05) is 29.7 Å². The number of ether oxygens (including phenoxy) is 2. The minimum Gasteiger partial charge on any atom is -0.495 e. The number of hydrogen-bond acceptors (Lipinski definition) is 10. The molecule has 15 heteroatoms. The first-order valence-corrected chi connectivity index (χ1v) is 20.7. The number of carbonyl (C=O) groups excluding carboxylic acids is 3. The summed E-state index contributed by atoms with van der Waals surface area (Å²) in [6, 6.07) is 5.39. The average Bonchev–Trinajstić information content (AvgIpc) is 3.98. The molecule has 7 rings (SSSR count). The van der Waals surface area contributed by atoms with Crippen LogP contribution in [0.4, 0.5) is 0 Å². The fourth-order valence-corrected chi connectivity index (χ4v) is 9.90. The van der Waals surface area contributed by atoms with Gasteiger partial charge in [-0.2, -0.15) is 0 Å². The number of nitrogens with one attached hydrogen (secondary N) is 2. The summed E-state index contributed by atoms with van der Waals surface area (Å²) in [4.78, 5) is 53.2. The van der Waals surface area contributed by atoms with Gasteiger partial charge < -0.3 is 19.7 Å². The van der Waals surface area contributed by atoms with E-state index in [-0.39, 0.29) is 37.0 Å². The number of sulfonamides is 1.